The van der Waals surface area contributed by atoms with E-state index in [-0.39, 0.29) is 13.2 Å². The van der Waals surface area contributed by atoms with Crippen LogP contribution in [0.5, 0.6) is 5.75 Å². The molecule has 0 saturated carbocycles. The Hall–Kier alpha value is -2.17. The number of rotatable bonds is 19. The van der Waals surface area contributed by atoms with Gasteiger partial charge in [-0.2, -0.15) is 0 Å². The first-order valence-electron chi connectivity index (χ1n) is 17.0. The van der Waals surface area contributed by atoms with Crippen molar-refractivity contribution in [2.45, 2.75) is 84.6 Å². The molecule has 2 aromatic carbocycles. The number of fused-ring (bicyclic) bond motifs is 1. The summed E-state index contributed by atoms with van der Waals surface area (Å²) < 4.78 is 46.2. The Balaban J connectivity index is 0.00000736. The molecule has 0 bridgehead atoms. The third kappa shape index (κ3) is 9.69. The number of anilines is 1. The first-order valence-corrected chi connectivity index (χ1v) is 18.6. The van der Waals surface area contributed by atoms with Crippen LogP contribution in [0.1, 0.15) is 84.8 Å². The van der Waals surface area contributed by atoms with Gasteiger partial charge in [-0.05, 0) is 75.1 Å². The van der Waals surface area contributed by atoms with Crippen molar-refractivity contribution >= 4 is 15.5 Å². The lowest BCUT2D eigenvalue weighted by atomic mass is 9.69. The van der Waals surface area contributed by atoms with E-state index in [2.05, 4.69) is 27.7 Å². The number of benzene rings is 2. The number of quaternary nitrogens is 1. The molecule has 3 rings (SSSR count). The monoisotopic (exact) mass is 663 g/mol. The van der Waals surface area contributed by atoms with Gasteiger partial charge in [0.05, 0.1) is 62.8 Å². The summed E-state index contributed by atoms with van der Waals surface area (Å²) in [6, 6.07) is 13.2. The number of hydrogen-bond acceptors (Lipinski definition) is 7. The van der Waals surface area contributed by atoms with Crippen molar-refractivity contribution < 1.29 is 32.2 Å². The van der Waals surface area contributed by atoms with Crippen molar-refractivity contribution in [1.82, 2.24) is 0 Å². The molecule has 262 valence electrons. The molecule has 0 aliphatic carbocycles. The van der Waals surface area contributed by atoms with E-state index in [4.69, 9.17) is 14.2 Å². The predicted octanol–water partition coefficient (Wildman–Crippen LogP) is 6.54. The van der Waals surface area contributed by atoms with Crippen molar-refractivity contribution in [3.05, 3.63) is 53.6 Å². The van der Waals surface area contributed by atoms with Crippen LogP contribution >= 0.6 is 0 Å². The number of hydrogen-bond donors (Lipinski definition) is 1. The van der Waals surface area contributed by atoms with Gasteiger partial charge >= 0.3 is 0 Å². The van der Waals surface area contributed by atoms with Gasteiger partial charge in [-0.15, -0.1) is 0 Å². The smallest absolute Gasteiger partial charge is 0.179 e. The molecule has 46 heavy (non-hydrogen) atoms. The molecule has 0 spiro atoms. The first kappa shape index (κ1) is 40.0. The average molecular weight is 664 g/mol. The Morgan fingerprint density at radius 2 is 1.50 bits per heavy atom. The van der Waals surface area contributed by atoms with Gasteiger partial charge in [-0.25, -0.2) is 8.42 Å². The Kier molecular flexibility index (Phi) is 16.0. The molecule has 1 heterocycles. The average Bonchev–Trinajstić information content (AvgIpc) is 3.11. The van der Waals surface area contributed by atoms with Crippen molar-refractivity contribution in [2.24, 2.45) is 5.41 Å². The molecule has 0 amide bonds. The molecule has 0 saturated heterocycles. The standard InChI is InChI=1S/C36H59N2O6S.CH4/c1-8-13-20-36(9-2)28-45(40,41)33-19-16-30(37(6)7)27-32(33)34(35(36)39)29-14-17-31(18-15-29)44-26-25-43-24-23-42-22-21-38(10-3,11-4)12-5;/h14-19,27,34-35,39H,8-13,20-26,28H2,1-7H3;1H4/q+1;/t34-,35-,36-;/m1./s1. The number of nitrogens with zero attached hydrogens (tertiary/aromatic N) is 2. The maximum atomic E-state index is 13.8. The van der Waals surface area contributed by atoms with Crippen LogP contribution in [0.25, 0.3) is 0 Å². The topological polar surface area (TPSA) is 85.3 Å². The third-order valence-electron chi connectivity index (χ3n) is 10.2. The Bertz CT molecular complexity index is 1270. The van der Waals surface area contributed by atoms with Crippen LogP contribution in [0.4, 0.5) is 5.69 Å². The molecule has 0 fully saturated rings. The van der Waals surface area contributed by atoms with E-state index in [1.807, 2.05) is 62.3 Å². The van der Waals surface area contributed by atoms with Crippen LogP contribution in [0.2, 0.25) is 0 Å². The molecule has 9 heteroatoms. The summed E-state index contributed by atoms with van der Waals surface area (Å²) in [4.78, 5) is 2.29. The van der Waals surface area contributed by atoms with Crippen molar-refractivity contribution in [1.29, 1.82) is 0 Å². The lowest BCUT2D eigenvalue weighted by molar-refractivity contribution is -0.923. The molecule has 0 radical (unpaired) electrons. The molecular weight excluding hydrogens is 600 g/mol. The summed E-state index contributed by atoms with van der Waals surface area (Å²) in [6.07, 6.45) is 2.20. The quantitative estimate of drug-likeness (QED) is 0.135. The van der Waals surface area contributed by atoms with Crippen LogP contribution < -0.4 is 9.64 Å². The maximum absolute atomic E-state index is 13.8. The maximum Gasteiger partial charge on any atom is 0.179 e. The zero-order chi connectivity index (χ0) is 33.1. The van der Waals surface area contributed by atoms with Gasteiger partial charge in [0.1, 0.15) is 18.9 Å². The second-order valence-electron chi connectivity index (χ2n) is 12.8. The van der Waals surface area contributed by atoms with E-state index in [0.29, 0.717) is 55.5 Å². The van der Waals surface area contributed by atoms with E-state index in [9.17, 15) is 13.5 Å². The highest BCUT2D eigenvalue weighted by atomic mass is 32.2. The molecule has 2 aromatic rings. The Labute approximate surface area is 280 Å². The lowest BCUT2D eigenvalue weighted by Gasteiger charge is -2.39. The van der Waals surface area contributed by atoms with E-state index >= 15 is 0 Å². The molecular formula is C37H63N2O6S+. The highest BCUT2D eigenvalue weighted by Crippen LogP contribution is 2.49. The van der Waals surface area contributed by atoms with Gasteiger partial charge in [0.25, 0.3) is 0 Å². The highest BCUT2D eigenvalue weighted by molar-refractivity contribution is 7.91. The number of ether oxygens (including phenoxy) is 3. The number of likely N-dealkylation sites (N-methyl/N-ethyl adjacent to an activating group) is 1. The van der Waals surface area contributed by atoms with Crippen molar-refractivity contribution in [2.75, 3.05) is 84.0 Å². The van der Waals surface area contributed by atoms with Gasteiger partial charge < -0.3 is 28.7 Å². The highest BCUT2D eigenvalue weighted by Gasteiger charge is 2.49. The first-order chi connectivity index (χ1) is 21.5. The van der Waals surface area contributed by atoms with E-state index in [0.717, 1.165) is 61.4 Å². The number of aliphatic hydroxyl groups excluding tert-OH is 1. The van der Waals surface area contributed by atoms with Crippen LogP contribution in [-0.2, 0) is 19.3 Å². The van der Waals surface area contributed by atoms with Gasteiger partial charge in [0, 0.05) is 31.1 Å². The summed E-state index contributed by atoms with van der Waals surface area (Å²) in [7, 11) is 0.263. The number of sulfone groups is 1. The van der Waals surface area contributed by atoms with E-state index in [1.54, 1.807) is 6.07 Å². The Morgan fingerprint density at radius 3 is 2.07 bits per heavy atom. The predicted molar refractivity (Wildman–Crippen MR) is 190 cm³/mol. The minimum atomic E-state index is -3.62. The van der Waals surface area contributed by atoms with Gasteiger partial charge in [-0.1, -0.05) is 46.2 Å². The number of unbranched alkanes of at least 4 members (excludes halogenated alkanes) is 1. The van der Waals surface area contributed by atoms with E-state index in [1.165, 1.54) is 0 Å². The van der Waals surface area contributed by atoms with Crippen LogP contribution in [0, 0.1) is 5.41 Å². The summed E-state index contributed by atoms with van der Waals surface area (Å²) in [5.74, 6) is 0.171. The SMILES string of the molecule is C.CCCC[C@]1(CC)CS(=O)(=O)c2ccc(N(C)C)cc2[C@@H](c2ccc(OCCOCCOCC[N+](CC)(CC)CC)cc2)[C@H]1O. The van der Waals surface area contributed by atoms with E-state index < -0.39 is 27.3 Å². The summed E-state index contributed by atoms with van der Waals surface area (Å²) in [6.45, 7) is 17.9. The summed E-state index contributed by atoms with van der Waals surface area (Å²) >= 11 is 0. The minimum Gasteiger partial charge on any atom is -0.491 e. The normalized spacial score (nSPS) is 20.8. The molecule has 0 aromatic heterocycles. The fraction of sp³-hybridized carbons (Fsp3) is 0.676. The second kappa shape index (κ2) is 18.4. The molecule has 3 atom stereocenters. The number of aliphatic hydroxyl groups is 1. The van der Waals surface area contributed by atoms with Crippen LogP contribution in [0.3, 0.4) is 0 Å². The molecule has 8 nitrogen and oxygen atoms in total. The van der Waals surface area contributed by atoms with Gasteiger partial charge in [-0.3, -0.25) is 0 Å². The molecule has 1 N–H and O–H groups in total. The van der Waals surface area contributed by atoms with Crippen molar-refractivity contribution in [3.8, 4) is 5.75 Å². The van der Waals surface area contributed by atoms with Gasteiger partial charge in [0.15, 0.2) is 9.84 Å². The second-order valence-corrected chi connectivity index (χ2v) is 14.7. The molecule has 1 aliphatic rings. The summed E-state index contributed by atoms with van der Waals surface area (Å²) in [5.41, 5.74) is 1.70. The van der Waals surface area contributed by atoms with Crippen molar-refractivity contribution in [3.63, 3.8) is 0 Å². The lowest BCUT2D eigenvalue weighted by Crippen LogP contribution is -2.49. The third-order valence-corrected chi connectivity index (χ3v) is 12.2. The fourth-order valence-corrected chi connectivity index (χ4v) is 8.97. The van der Waals surface area contributed by atoms with Gasteiger partial charge in [0.2, 0.25) is 0 Å². The molecule has 1 aliphatic heterocycles. The molecule has 0 unspecified atom stereocenters. The Morgan fingerprint density at radius 1 is 0.891 bits per heavy atom. The largest absolute Gasteiger partial charge is 0.491 e. The summed E-state index contributed by atoms with van der Waals surface area (Å²) in [5, 5.41) is 12.1. The van der Waals surface area contributed by atoms with Crippen LogP contribution in [-0.4, -0.2) is 103 Å². The zero-order valence-electron chi connectivity index (χ0n) is 28.9. The zero-order valence-corrected chi connectivity index (χ0v) is 29.7. The van der Waals surface area contributed by atoms with Crippen LogP contribution in [0.15, 0.2) is 47.4 Å². The fourth-order valence-electron chi connectivity index (χ4n) is 6.72. The minimum absolute atomic E-state index is 0.